The molecule has 0 aliphatic heterocycles. The highest BCUT2D eigenvalue weighted by molar-refractivity contribution is 5.91. The van der Waals surface area contributed by atoms with Gasteiger partial charge in [0.25, 0.3) is 0 Å². The van der Waals surface area contributed by atoms with E-state index >= 15 is 0 Å². The van der Waals surface area contributed by atoms with E-state index in [9.17, 15) is 18.0 Å². The van der Waals surface area contributed by atoms with Gasteiger partial charge in [0, 0.05) is 23.5 Å². The van der Waals surface area contributed by atoms with Crippen LogP contribution in [0.3, 0.4) is 0 Å². The highest BCUT2D eigenvalue weighted by Gasteiger charge is 2.34. The van der Waals surface area contributed by atoms with Crippen molar-refractivity contribution in [3.63, 3.8) is 0 Å². The lowest BCUT2D eigenvalue weighted by Gasteiger charge is -2.11. The summed E-state index contributed by atoms with van der Waals surface area (Å²) in [5.41, 5.74) is 6.33. The van der Waals surface area contributed by atoms with Crippen molar-refractivity contribution in [1.82, 2.24) is 14.4 Å². The number of nitrogens with two attached hydrogens (primary N) is 1. The molecule has 0 fully saturated rings. The molecule has 0 radical (unpaired) electrons. The van der Waals surface area contributed by atoms with Gasteiger partial charge in [-0.2, -0.15) is 13.2 Å². The monoisotopic (exact) mass is 471 g/mol. The van der Waals surface area contributed by atoms with Crippen molar-refractivity contribution in [2.75, 3.05) is 25.3 Å². The normalized spacial score (nSPS) is 11.4. The van der Waals surface area contributed by atoms with Crippen molar-refractivity contribution in [3.8, 4) is 22.6 Å². The van der Waals surface area contributed by atoms with Crippen LogP contribution in [0.5, 0.6) is 11.5 Å². The summed E-state index contributed by atoms with van der Waals surface area (Å²) < 4.78 is 51.6. The second-order valence-corrected chi connectivity index (χ2v) is 7.38. The number of carbonyl (C=O) groups is 1. The standard InChI is InChI=1S/C23H20F3N5O3/c1-33-17-5-3-13(7-18(17)34-2)8-21(32)30-19-12-31-11-14(4-6-20(31)29-19)15-9-16(23(24,25)26)22(27)28-10-15/h3-7,9-12H,8H2,1-2H3,(H2,27,28)(H,30,32). The maximum Gasteiger partial charge on any atom is 0.419 e. The fraction of sp³-hybridized carbons (Fsp3) is 0.174. The van der Waals surface area contributed by atoms with Crippen molar-refractivity contribution >= 4 is 23.2 Å². The quantitative estimate of drug-likeness (QED) is 0.437. The molecule has 8 nitrogen and oxygen atoms in total. The molecule has 1 aromatic carbocycles. The van der Waals surface area contributed by atoms with Crippen molar-refractivity contribution < 1.29 is 27.4 Å². The molecule has 0 aliphatic rings. The fourth-order valence-corrected chi connectivity index (χ4v) is 3.45. The van der Waals surface area contributed by atoms with Crippen molar-refractivity contribution in [1.29, 1.82) is 0 Å². The minimum Gasteiger partial charge on any atom is -0.493 e. The summed E-state index contributed by atoms with van der Waals surface area (Å²) in [7, 11) is 3.04. The van der Waals surface area contributed by atoms with Crippen LogP contribution in [0.1, 0.15) is 11.1 Å². The van der Waals surface area contributed by atoms with Crippen LogP contribution in [0.25, 0.3) is 16.8 Å². The fourth-order valence-electron chi connectivity index (χ4n) is 3.45. The molecule has 4 rings (SSSR count). The molecule has 0 spiro atoms. The summed E-state index contributed by atoms with van der Waals surface area (Å²) in [5, 5.41) is 2.72. The Labute approximate surface area is 192 Å². The van der Waals surface area contributed by atoms with Gasteiger partial charge in [0.15, 0.2) is 17.3 Å². The second-order valence-electron chi connectivity index (χ2n) is 7.38. The van der Waals surface area contributed by atoms with Gasteiger partial charge in [-0.25, -0.2) is 9.97 Å². The van der Waals surface area contributed by atoms with Gasteiger partial charge in [-0.1, -0.05) is 6.07 Å². The molecular formula is C23H20F3N5O3. The van der Waals surface area contributed by atoms with E-state index in [-0.39, 0.29) is 17.9 Å². The molecule has 176 valence electrons. The van der Waals surface area contributed by atoms with Gasteiger partial charge >= 0.3 is 6.18 Å². The molecular weight excluding hydrogens is 451 g/mol. The lowest BCUT2D eigenvalue weighted by Crippen LogP contribution is -2.14. The van der Waals surface area contributed by atoms with Gasteiger partial charge in [-0.15, -0.1) is 0 Å². The minimum atomic E-state index is -4.61. The average Bonchev–Trinajstić information content (AvgIpc) is 3.19. The van der Waals surface area contributed by atoms with Gasteiger partial charge in [-0.05, 0) is 35.9 Å². The number of carbonyl (C=O) groups excluding carboxylic acids is 1. The number of nitrogen functional groups attached to an aromatic ring is 1. The first-order valence-corrected chi connectivity index (χ1v) is 10.0. The summed E-state index contributed by atoms with van der Waals surface area (Å²) in [6.07, 6.45) is -0.0940. The molecule has 0 bridgehead atoms. The number of anilines is 2. The van der Waals surface area contributed by atoms with E-state index in [2.05, 4.69) is 15.3 Å². The lowest BCUT2D eigenvalue weighted by molar-refractivity contribution is -0.137. The number of alkyl halides is 3. The molecule has 0 atom stereocenters. The summed E-state index contributed by atoms with van der Waals surface area (Å²) >= 11 is 0. The minimum absolute atomic E-state index is 0.0802. The van der Waals surface area contributed by atoms with Crippen LogP contribution in [0.4, 0.5) is 24.8 Å². The number of aromatic nitrogens is 3. The molecule has 1 amide bonds. The van der Waals surface area contributed by atoms with Crippen molar-refractivity contribution in [2.45, 2.75) is 12.6 Å². The van der Waals surface area contributed by atoms with Gasteiger partial charge < -0.3 is 24.9 Å². The zero-order valence-corrected chi connectivity index (χ0v) is 18.2. The first kappa shape index (κ1) is 22.9. The lowest BCUT2D eigenvalue weighted by atomic mass is 10.1. The third-order valence-electron chi connectivity index (χ3n) is 5.09. The molecule has 0 saturated carbocycles. The Balaban J connectivity index is 1.53. The van der Waals surface area contributed by atoms with Gasteiger partial charge in [-0.3, -0.25) is 4.79 Å². The number of rotatable bonds is 6. The predicted octanol–water partition coefficient (Wildman–Crippen LogP) is 4.20. The molecule has 3 aromatic heterocycles. The van der Waals surface area contributed by atoms with Crippen LogP contribution in [0, 0.1) is 0 Å². The number of nitrogens with zero attached hydrogens (tertiary/aromatic N) is 3. The zero-order valence-electron chi connectivity index (χ0n) is 18.2. The predicted molar refractivity (Wildman–Crippen MR) is 120 cm³/mol. The first-order valence-electron chi connectivity index (χ1n) is 10.0. The van der Waals surface area contributed by atoms with E-state index in [0.717, 1.165) is 11.6 Å². The number of pyridine rings is 2. The highest BCUT2D eigenvalue weighted by atomic mass is 19.4. The Morgan fingerprint density at radius 1 is 1.06 bits per heavy atom. The molecule has 0 saturated heterocycles. The van der Waals surface area contributed by atoms with E-state index in [0.29, 0.717) is 28.5 Å². The van der Waals surface area contributed by atoms with Gasteiger partial charge in [0.05, 0.1) is 32.4 Å². The largest absolute Gasteiger partial charge is 0.493 e. The number of hydrogen-bond donors (Lipinski definition) is 2. The molecule has 4 aromatic rings. The molecule has 0 aliphatic carbocycles. The number of imidazole rings is 1. The Morgan fingerprint density at radius 3 is 2.53 bits per heavy atom. The number of amides is 1. The second kappa shape index (κ2) is 8.93. The van der Waals surface area contributed by atoms with Crippen LogP contribution < -0.4 is 20.5 Å². The summed E-state index contributed by atoms with van der Waals surface area (Å²) in [5.74, 6) is 0.488. The number of methoxy groups -OCH3 is 2. The van der Waals surface area contributed by atoms with Crippen LogP contribution in [0.2, 0.25) is 0 Å². The molecule has 3 heterocycles. The smallest absolute Gasteiger partial charge is 0.419 e. The summed E-state index contributed by atoms with van der Waals surface area (Å²) in [4.78, 5) is 20.5. The third-order valence-corrected chi connectivity index (χ3v) is 5.09. The van der Waals surface area contributed by atoms with Crippen LogP contribution in [-0.4, -0.2) is 34.5 Å². The first-order chi connectivity index (χ1) is 16.2. The van der Waals surface area contributed by atoms with Gasteiger partial charge in [0.1, 0.15) is 11.5 Å². The summed E-state index contributed by atoms with van der Waals surface area (Å²) in [6.45, 7) is 0. The molecule has 3 N–H and O–H groups in total. The molecule has 0 unspecified atom stereocenters. The van der Waals surface area contributed by atoms with Gasteiger partial charge in [0.2, 0.25) is 5.91 Å². The highest BCUT2D eigenvalue weighted by Crippen LogP contribution is 2.35. The number of fused-ring (bicyclic) bond motifs is 1. The average molecular weight is 471 g/mol. The topological polar surface area (TPSA) is 104 Å². The maximum absolute atomic E-state index is 13.2. The number of benzene rings is 1. The van der Waals surface area contributed by atoms with Crippen molar-refractivity contribution in [2.24, 2.45) is 0 Å². The Morgan fingerprint density at radius 2 is 1.82 bits per heavy atom. The van der Waals surface area contributed by atoms with Crippen molar-refractivity contribution in [3.05, 3.63) is 66.1 Å². The number of ether oxygens (including phenoxy) is 2. The Bertz CT molecular complexity index is 1370. The summed E-state index contributed by atoms with van der Waals surface area (Å²) in [6, 6.07) is 9.38. The number of hydrogen-bond acceptors (Lipinski definition) is 6. The van der Waals surface area contributed by atoms with Crippen LogP contribution >= 0.6 is 0 Å². The SMILES string of the molecule is COc1ccc(CC(=O)Nc2cn3cc(-c4cnc(N)c(C(F)(F)F)c4)ccc3n2)cc1OC. The van der Waals surface area contributed by atoms with E-state index in [1.54, 1.807) is 47.1 Å². The molecule has 34 heavy (non-hydrogen) atoms. The maximum atomic E-state index is 13.2. The zero-order chi connectivity index (χ0) is 24.5. The third kappa shape index (κ3) is 4.72. The number of nitrogens with one attached hydrogen (secondary N) is 1. The van der Waals surface area contributed by atoms with E-state index < -0.39 is 17.6 Å². The van der Waals surface area contributed by atoms with E-state index in [1.807, 2.05) is 0 Å². The number of halogens is 3. The van der Waals surface area contributed by atoms with E-state index in [4.69, 9.17) is 15.2 Å². The van der Waals surface area contributed by atoms with Crippen LogP contribution in [0.15, 0.2) is 55.0 Å². The van der Waals surface area contributed by atoms with E-state index in [1.165, 1.54) is 20.4 Å². The Kier molecular flexibility index (Phi) is 6.01. The Hall–Kier alpha value is -4.28. The molecule has 11 heteroatoms. The van der Waals surface area contributed by atoms with Crippen LogP contribution in [-0.2, 0) is 17.4 Å².